The second-order valence-corrected chi connectivity index (χ2v) is 6.65. The smallest absolute Gasteiger partial charge is 0.166 e. The van der Waals surface area contributed by atoms with Crippen molar-refractivity contribution in [2.75, 3.05) is 0 Å². The van der Waals surface area contributed by atoms with Gasteiger partial charge in [0.05, 0.1) is 11.0 Å². The van der Waals surface area contributed by atoms with E-state index >= 15 is 0 Å². The maximum absolute atomic E-state index is 10.4. The Morgan fingerprint density at radius 2 is 1.77 bits per heavy atom. The van der Waals surface area contributed by atoms with Crippen molar-refractivity contribution in [1.82, 2.24) is 14.6 Å². The zero-order valence-electron chi connectivity index (χ0n) is 12.8. The summed E-state index contributed by atoms with van der Waals surface area (Å²) in [5.41, 5.74) is 1.87. The topological polar surface area (TPSA) is 50.4 Å². The average Bonchev–Trinajstić information content (AvgIpc) is 3.20. The van der Waals surface area contributed by atoms with Crippen molar-refractivity contribution in [2.45, 2.75) is 37.7 Å². The molecule has 1 fully saturated rings. The summed E-state index contributed by atoms with van der Waals surface area (Å²) in [6, 6.07) is 14.4. The van der Waals surface area contributed by atoms with Crippen molar-refractivity contribution < 1.29 is 5.11 Å². The largest absolute Gasteiger partial charge is 0.386 e. The third-order valence-corrected chi connectivity index (χ3v) is 4.60. The molecule has 0 amide bonds. The quantitative estimate of drug-likeness (QED) is 0.807. The summed E-state index contributed by atoms with van der Waals surface area (Å²) in [4.78, 5) is 0. The Labute approximate surface area is 129 Å². The predicted molar refractivity (Wildman–Crippen MR) is 84.7 cm³/mol. The fraction of sp³-hybridized carbons (Fsp3) is 0.333. The van der Waals surface area contributed by atoms with Crippen LogP contribution in [0.1, 0.15) is 43.6 Å². The summed E-state index contributed by atoms with van der Waals surface area (Å²) in [6.07, 6.45) is 4.16. The molecule has 1 saturated carbocycles. The first-order valence-corrected chi connectivity index (χ1v) is 7.65. The van der Waals surface area contributed by atoms with E-state index in [4.69, 9.17) is 0 Å². The number of aliphatic hydroxyl groups is 1. The number of rotatable bonds is 3. The molecule has 1 aliphatic rings. The number of aromatic nitrogens is 3. The fourth-order valence-electron chi connectivity index (χ4n) is 3.24. The lowest BCUT2D eigenvalue weighted by Crippen LogP contribution is -2.18. The van der Waals surface area contributed by atoms with Gasteiger partial charge in [-0.1, -0.05) is 36.4 Å². The Morgan fingerprint density at radius 1 is 1.05 bits per heavy atom. The summed E-state index contributed by atoms with van der Waals surface area (Å²) < 4.78 is 2.04. The van der Waals surface area contributed by atoms with Crippen LogP contribution in [-0.2, 0) is 11.0 Å². The van der Waals surface area contributed by atoms with Gasteiger partial charge in [0.1, 0.15) is 5.82 Å². The Kier molecular flexibility index (Phi) is 2.69. The molecule has 1 N–H and O–H groups in total. The second-order valence-electron chi connectivity index (χ2n) is 6.65. The fourth-order valence-corrected chi connectivity index (χ4v) is 3.24. The minimum Gasteiger partial charge on any atom is -0.386 e. The van der Waals surface area contributed by atoms with E-state index in [1.165, 1.54) is 5.56 Å². The molecule has 0 spiro atoms. The average molecular weight is 293 g/mol. The van der Waals surface area contributed by atoms with Gasteiger partial charge in [0.25, 0.3) is 0 Å². The van der Waals surface area contributed by atoms with Gasteiger partial charge in [0.15, 0.2) is 5.65 Å². The van der Waals surface area contributed by atoms with Crippen molar-refractivity contribution in [3.63, 3.8) is 0 Å². The van der Waals surface area contributed by atoms with Gasteiger partial charge in [-0.15, -0.1) is 10.2 Å². The van der Waals surface area contributed by atoms with Gasteiger partial charge >= 0.3 is 0 Å². The summed E-state index contributed by atoms with van der Waals surface area (Å²) in [6.45, 7) is 3.56. The number of benzene rings is 1. The number of fused-ring (bicyclic) bond motifs is 1. The highest BCUT2D eigenvalue weighted by molar-refractivity contribution is 5.53. The molecule has 1 aromatic carbocycles. The lowest BCUT2D eigenvalue weighted by Gasteiger charge is -2.19. The van der Waals surface area contributed by atoms with E-state index in [0.29, 0.717) is 0 Å². The predicted octanol–water partition coefficient (Wildman–Crippen LogP) is 3.04. The SMILES string of the molecule is CC(C)(O)c1cccn2c(C3(c4ccccc4)CC3)nnc12. The molecule has 0 unspecified atom stereocenters. The van der Waals surface area contributed by atoms with Crippen LogP contribution in [-0.4, -0.2) is 19.7 Å². The molecule has 112 valence electrons. The number of hydrogen-bond donors (Lipinski definition) is 1. The Balaban J connectivity index is 1.92. The lowest BCUT2D eigenvalue weighted by molar-refractivity contribution is 0.0796. The molecular weight excluding hydrogens is 274 g/mol. The van der Waals surface area contributed by atoms with E-state index in [-0.39, 0.29) is 5.41 Å². The first-order chi connectivity index (χ1) is 10.5. The number of pyridine rings is 1. The minimum atomic E-state index is -0.934. The Hall–Kier alpha value is -2.20. The molecule has 2 heterocycles. The molecule has 0 radical (unpaired) electrons. The van der Waals surface area contributed by atoms with Crippen LogP contribution in [0, 0.1) is 0 Å². The lowest BCUT2D eigenvalue weighted by atomic mass is 9.95. The third kappa shape index (κ3) is 1.87. The highest BCUT2D eigenvalue weighted by atomic mass is 16.3. The number of nitrogens with zero attached hydrogens (tertiary/aromatic N) is 3. The molecule has 4 heteroatoms. The van der Waals surface area contributed by atoms with E-state index in [1.807, 2.05) is 28.8 Å². The van der Waals surface area contributed by atoms with Gasteiger partial charge in [-0.2, -0.15) is 0 Å². The highest BCUT2D eigenvalue weighted by Gasteiger charge is 2.49. The molecule has 0 bridgehead atoms. The molecule has 3 aromatic rings. The maximum atomic E-state index is 10.4. The van der Waals surface area contributed by atoms with Crippen LogP contribution < -0.4 is 0 Å². The van der Waals surface area contributed by atoms with Gasteiger partial charge in [-0.25, -0.2) is 0 Å². The molecular formula is C18H19N3O. The zero-order chi connectivity index (χ0) is 15.4. The van der Waals surface area contributed by atoms with Gasteiger partial charge in [0, 0.05) is 11.8 Å². The highest BCUT2D eigenvalue weighted by Crippen LogP contribution is 2.52. The molecule has 2 aromatic heterocycles. The number of hydrogen-bond acceptors (Lipinski definition) is 3. The van der Waals surface area contributed by atoms with Crippen LogP contribution in [0.5, 0.6) is 0 Å². The van der Waals surface area contributed by atoms with Crippen LogP contribution in [0.2, 0.25) is 0 Å². The summed E-state index contributed by atoms with van der Waals surface area (Å²) in [7, 11) is 0. The minimum absolute atomic E-state index is 0.0289. The van der Waals surface area contributed by atoms with Crippen LogP contribution in [0.25, 0.3) is 5.65 Å². The van der Waals surface area contributed by atoms with Crippen molar-refractivity contribution in [3.8, 4) is 0 Å². The summed E-state index contributed by atoms with van der Waals surface area (Å²) in [5.74, 6) is 0.972. The standard InChI is InChI=1S/C18H19N3O/c1-17(2,22)14-9-6-12-21-15(14)19-20-16(21)18(10-11-18)13-7-4-3-5-8-13/h3-9,12,22H,10-11H2,1-2H3. The van der Waals surface area contributed by atoms with Gasteiger partial charge in [-0.3, -0.25) is 4.40 Å². The monoisotopic (exact) mass is 293 g/mol. The summed E-state index contributed by atoms with van der Waals surface area (Å²) >= 11 is 0. The van der Waals surface area contributed by atoms with E-state index in [2.05, 4.69) is 34.5 Å². The molecule has 4 nitrogen and oxygen atoms in total. The van der Waals surface area contributed by atoms with Crippen molar-refractivity contribution in [3.05, 3.63) is 65.6 Å². The molecule has 1 aliphatic carbocycles. The molecule has 0 aliphatic heterocycles. The van der Waals surface area contributed by atoms with Gasteiger partial charge < -0.3 is 5.11 Å². The Bertz CT molecular complexity index is 826. The van der Waals surface area contributed by atoms with E-state index in [9.17, 15) is 5.11 Å². The summed E-state index contributed by atoms with van der Waals surface area (Å²) in [5, 5.41) is 19.2. The zero-order valence-corrected chi connectivity index (χ0v) is 12.8. The normalized spacial score (nSPS) is 16.9. The Morgan fingerprint density at radius 3 is 2.41 bits per heavy atom. The molecule has 0 atom stereocenters. The van der Waals surface area contributed by atoms with Crippen LogP contribution in [0.3, 0.4) is 0 Å². The molecule has 0 saturated heterocycles. The molecule has 4 rings (SSSR count). The first-order valence-electron chi connectivity index (χ1n) is 7.65. The maximum Gasteiger partial charge on any atom is 0.166 e. The van der Waals surface area contributed by atoms with Crippen LogP contribution in [0.4, 0.5) is 0 Å². The van der Waals surface area contributed by atoms with Crippen LogP contribution >= 0.6 is 0 Å². The van der Waals surface area contributed by atoms with Gasteiger partial charge in [0.2, 0.25) is 0 Å². The van der Waals surface area contributed by atoms with E-state index < -0.39 is 5.60 Å². The van der Waals surface area contributed by atoms with Crippen LogP contribution in [0.15, 0.2) is 48.7 Å². The van der Waals surface area contributed by atoms with Crippen molar-refractivity contribution >= 4 is 5.65 Å². The van der Waals surface area contributed by atoms with Crippen molar-refractivity contribution in [2.24, 2.45) is 0 Å². The second kappa shape index (κ2) is 4.40. The van der Waals surface area contributed by atoms with Gasteiger partial charge in [-0.05, 0) is 38.3 Å². The van der Waals surface area contributed by atoms with Crippen molar-refractivity contribution in [1.29, 1.82) is 0 Å². The third-order valence-electron chi connectivity index (χ3n) is 4.60. The molecule has 22 heavy (non-hydrogen) atoms. The van der Waals surface area contributed by atoms with E-state index in [1.54, 1.807) is 13.8 Å². The van der Waals surface area contributed by atoms with E-state index in [0.717, 1.165) is 29.9 Å². The first kappa shape index (κ1) is 13.5.